The molecular formula is C29H38O10. The zero-order valence-corrected chi connectivity index (χ0v) is 22.7. The molecule has 1 fully saturated rings. The summed E-state index contributed by atoms with van der Waals surface area (Å²) in [5.74, 6) is -2.36. The van der Waals surface area contributed by atoms with Crippen LogP contribution in [0.25, 0.3) is 6.08 Å². The van der Waals surface area contributed by atoms with E-state index in [-0.39, 0.29) is 49.5 Å². The Morgan fingerprint density at radius 3 is 2.00 bits per heavy atom. The number of methoxy groups -OCH3 is 1. The van der Waals surface area contributed by atoms with Crippen molar-refractivity contribution in [3.05, 3.63) is 91.1 Å². The number of carboxylic acids is 1. The highest BCUT2D eigenvalue weighted by atomic mass is 16.6. The molecule has 1 unspecified atom stereocenters. The smallest absolute Gasteiger partial charge is 0.333 e. The second-order valence-electron chi connectivity index (χ2n) is 7.54. The summed E-state index contributed by atoms with van der Waals surface area (Å²) in [4.78, 5) is 42.1. The van der Waals surface area contributed by atoms with Crippen molar-refractivity contribution in [3.63, 3.8) is 0 Å². The molecule has 1 saturated heterocycles. The van der Waals surface area contributed by atoms with E-state index in [1.54, 1.807) is 6.92 Å². The van der Waals surface area contributed by atoms with Crippen LogP contribution in [0.4, 0.5) is 0 Å². The number of benzene rings is 1. The van der Waals surface area contributed by atoms with E-state index in [0.29, 0.717) is 12.2 Å². The molecule has 0 aliphatic carbocycles. The molecule has 1 aliphatic heterocycles. The minimum atomic E-state index is -1.01. The second kappa shape index (κ2) is 22.9. The number of carboxylic acid groups (broad SMARTS) is 1. The minimum absolute atomic E-state index is 0.0213. The molecule has 10 nitrogen and oxygen atoms in total. The van der Waals surface area contributed by atoms with Crippen LogP contribution in [0.5, 0.6) is 0 Å². The zero-order valence-electron chi connectivity index (χ0n) is 22.7. The van der Waals surface area contributed by atoms with Crippen LogP contribution < -0.4 is 0 Å². The molecule has 10 heteroatoms. The van der Waals surface area contributed by atoms with Gasteiger partial charge in [-0.1, -0.05) is 68.8 Å². The van der Waals surface area contributed by atoms with E-state index >= 15 is 0 Å². The number of hydrogen-bond acceptors (Lipinski definition) is 9. The van der Waals surface area contributed by atoms with Gasteiger partial charge in [0.1, 0.15) is 19.3 Å². The summed E-state index contributed by atoms with van der Waals surface area (Å²) in [6.45, 7) is 17.5. The van der Waals surface area contributed by atoms with Crippen LogP contribution in [0.2, 0.25) is 0 Å². The number of hydrogen-bond donors (Lipinski definition) is 2. The first-order chi connectivity index (χ1) is 18.4. The SMILES string of the molecule is C=C(C)C(=O)OC.C=C(CC=C(C)C(=O)O)C(=O)OCC1CO1.C=CC(=O)OCCO.C=Cc1ccccc1. The molecule has 39 heavy (non-hydrogen) atoms. The summed E-state index contributed by atoms with van der Waals surface area (Å²) < 4.78 is 18.4. The molecule has 1 aliphatic rings. The van der Waals surface area contributed by atoms with Gasteiger partial charge in [-0.25, -0.2) is 19.2 Å². The van der Waals surface area contributed by atoms with Crippen molar-refractivity contribution in [1.29, 1.82) is 0 Å². The van der Waals surface area contributed by atoms with E-state index in [0.717, 1.165) is 6.08 Å². The lowest BCUT2D eigenvalue weighted by molar-refractivity contribution is -0.140. The Balaban J connectivity index is 0. The highest BCUT2D eigenvalue weighted by Gasteiger charge is 2.24. The lowest BCUT2D eigenvalue weighted by Crippen LogP contribution is -2.11. The fourth-order valence-corrected chi connectivity index (χ4v) is 1.85. The van der Waals surface area contributed by atoms with Crippen LogP contribution >= 0.6 is 0 Å². The van der Waals surface area contributed by atoms with Crippen molar-refractivity contribution in [2.45, 2.75) is 26.4 Å². The van der Waals surface area contributed by atoms with E-state index in [4.69, 9.17) is 19.7 Å². The molecule has 214 valence electrons. The standard InChI is InChI=1S/C11H14O5.C8H8.C5H8O3.C5H8O2/c1-7(10(12)13)3-4-8(2)11(14)16-6-9-5-15-9;1-2-8-6-4-3-5-7-8;1-2-5(7)8-4-3-6;1-4(2)5(6)7-3/h3,9H,2,4-6H2,1H3,(H,12,13);2-7H,1H2;2,6H,1,3-4H2;1H2,2-3H3. The first kappa shape index (κ1) is 36.9. The molecule has 0 bridgehead atoms. The van der Waals surface area contributed by atoms with Crippen molar-refractivity contribution >= 4 is 30.0 Å². The first-order valence-electron chi connectivity index (χ1n) is 11.6. The third kappa shape index (κ3) is 22.6. The number of carbonyl (C=O) groups excluding carboxylic acids is 3. The van der Waals surface area contributed by atoms with Gasteiger partial charge in [-0.15, -0.1) is 0 Å². The van der Waals surface area contributed by atoms with Gasteiger partial charge in [0.25, 0.3) is 0 Å². The maximum Gasteiger partial charge on any atom is 0.333 e. The van der Waals surface area contributed by atoms with Gasteiger partial charge in [0.2, 0.25) is 0 Å². The van der Waals surface area contributed by atoms with Crippen molar-refractivity contribution in [1.82, 2.24) is 0 Å². The minimum Gasteiger partial charge on any atom is -0.478 e. The molecule has 2 N–H and O–H groups in total. The Labute approximate surface area is 229 Å². The first-order valence-corrected chi connectivity index (χ1v) is 11.6. The molecule has 0 aromatic heterocycles. The van der Waals surface area contributed by atoms with Crippen molar-refractivity contribution in [2.24, 2.45) is 0 Å². The van der Waals surface area contributed by atoms with E-state index < -0.39 is 17.9 Å². The Morgan fingerprint density at radius 1 is 1.05 bits per heavy atom. The molecule has 0 spiro atoms. The van der Waals surface area contributed by atoms with Crippen LogP contribution in [0, 0.1) is 0 Å². The number of carbonyl (C=O) groups is 4. The molecule has 2 rings (SSSR count). The van der Waals surface area contributed by atoms with Gasteiger partial charge in [-0.2, -0.15) is 0 Å². The molecular weight excluding hydrogens is 508 g/mol. The molecule has 0 amide bonds. The molecule has 1 heterocycles. The molecule has 0 saturated carbocycles. The van der Waals surface area contributed by atoms with Gasteiger partial charge >= 0.3 is 23.9 Å². The van der Waals surface area contributed by atoms with Gasteiger partial charge < -0.3 is 29.2 Å². The summed E-state index contributed by atoms with van der Waals surface area (Å²) in [6.07, 6.45) is 4.52. The van der Waals surface area contributed by atoms with Gasteiger partial charge in [-0.05, 0) is 25.8 Å². The van der Waals surface area contributed by atoms with Gasteiger partial charge in [0.05, 0.1) is 20.3 Å². The largest absolute Gasteiger partial charge is 0.478 e. The van der Waals surface area contributed by atoms with Gasteiger partial charge in [0.15, 0.2) is 0 Å². The van der Waals surface area contributed by atoms with Crippen molar-refractivity contribution in [2.75, 3.05) is 33.5 Å². The number of aliphatic hydroxyl groups is 1. The van der Waals surface area contributed by atoms with Gasteiger partial charge in [-0.3, -0.25) is 0 Å². The Hall–Kier alpha value is -4.28. The Kier molecular flexibility index (Phi) is 21.6. The predicted molar refractivity (Wildman–Crippen MR) is 147 cm³/mol. The average Bonchev–Trinajstić information content (AvgIpc) is 3.78. The van der Waals surface area contributed by atoms with Gasteiger partial charge in [0, 0.05) is 22.8 Å². The number of epoxide rings is 1. The number of ether oxygens (including phenoxy) is 4. The number of aliphatic carboxylic acids is 1. The highest BCUT2D eigenvalue weighted by molar-refractivity contribution is 5.89. The topological polar surface area (TPSA) is 149 Å². The lowest BCUT2D eigenvalue weighted by Gasteiger charge is -2.03. The lowest BCUT2D eigenvalue weighted by atomic mass is 10.1. The fraction of sp³-hybridized carbons (Fsp3) is 0.310. The van der Waals surface area contributed by atoms with Crippen molar-refractivity contribution in [3.8, 4) is 0 Å². The molecule has 1 atom stereocenters. The van der Waals surface area contributed by atoms with E-state index in [2.05, 4.69) is 35.8 Å². The third-order valence-electron chi connectivity index (χ3n) is 4.15. The quantitative estimate of drug-likeness (QED) is 0.182. The second-order valence-corrected chi connectivity index (χ2v) is 7.54. The zero-order chi connectivity index (χ0) is 30.2. The Morgan fingerprint density at radius 2 is 1.64 bits per heavy atom. The van der Waals surface area contributed by atoms with E-state index in [9.17, 15) is 19.2 Å². The summed E-state index contributed by atoms with van der Waals surface area (Å²) in [6, 6.07) is 10.0. The van der Waals surface area contributed by atoms with Crippen LogP contribution in [0.1, 0.15) is 25.8 Å². The molecule has 1 aromatic carbocycles. The maximum absolute atomic E-state index is 11.3. The summed E-state index contributed by atoms with van der Waals surface area (Å²) in [5.41, 5.74) is 2.02. The van der Waals surface area contributed by atoms with Crippen molar-refractivity contribution < 1.29 is 48.3 Å². The number of esters is 3. The number of allylic oxidation sites excluding steroid dienone is 1. The highest BCUT2D eigenvalue weighted by Crippen LogP contribution is 2.11. The molecule has 0 radical (unpaired) electrons. The predicted octanol–water partition coefficient (Wildman–Crippen LogP) is 3.68. The van der Waals surface area contributed by atoms with Crippen LogP contribution in [0.15, 0.2) is 85.5 Å². The van der Waals surface area contributed by atoms with E-state index in [1.807, 2.05) is 36.4 Å². The summed E-state index contributed by atoms with van der Waals surface area (Å²) >= 11 is 0. The normalized spacial score (nSPS) is 12.6. The maximum atomic E-state index is 11.3. The average molecular weight is 547 g/mol. The fourth-order valence-electron chi connectivity index (χ4n) is 1.85. The number of rotatable bonds is 11. The monoisotopic (exact) mass is 546 g/mol. The van der Waals surface area contributed by atoms with Crippen LogP contribution in [-0.4, -0.2) is 73.7 Å². The van der Waals surface area contributed by atoms with Crippen LogP contribution in [-0.2, 0) is 38.1 Å². The Bertz CT molecular complexity index is 989. The van der Waals surface area contributed by atoms with Crippen LogP contribution in [0.3, 0.4) is 0 Å². The molecule has 1 aromatic rings. The third-order valence-corrected chi connectivity index (χ3v) is 4.15. The van der Waals surface area contributed by atoms with E-state index in [1.165, 1.54) is 25.7 Å². The summed E-state index contributed by atoms with van der Waals surface area (Å²) in [7, 11) is 1.33. The summed E-state index contributed by atoms with van der Waals surface area (Å²) in [5, 5.41) is 16.7. The number of aliphatic hydroxyl groups excluding tert-OH is 1.